The number of nitrogens with zero attached hydrogens (tertiary/aromatic N) is 6. The van der Waals surface area contributed by atoms with Crippen molar-refractivity contribution in [3.05, 3.63) is 30.3 Å². The zero-order chi connectivity index (χ0) is 17.4. The van der Waals surface area contributed by atoms with Crippen LogP contribution in [0, 0.1) is 11.3 Å². The summed E-state index contributed by atoms with van der Waals surface area (Å²) in [5.41, 5.74) is 0.355. The molecule has 1 atom stereocenters. The molecule has 0 aromatic carbocycles. The molecule has 2 aliphatic rings. The lowest BCUT2D eigenvalue weighted by atomic mass is 10.2. The van der Waals surface area contributed by atoms with E-state index in [1.807, 2.05) is 16.7 Å². The van der Waals surface area contributed by atoms with E-state index in [4.69, 9.17) is 4.42 Å². The van der Waals surface area contributed by atoms with Crippen molar-refractivity contribution >= 4 is 11.8 Å². The van der Waals surface area contributed by atoms with E-state index in [0.29, 0.717) is 49.6 Å². The third-order valence-corrected chi connectivity index (χ3v) is 4.87. The second-order valence-corrected chi connectivity index (χ2v) is 6.59. The molecular formula is C17H20N6O2. The highest BCUT2D eigenvalue weighted by atomic mass is 16.4. The molecule has 2 fully saturated rings. The van der Waals surface area contributed by atoms with Crippen LogP contribution in [-0.4, -0.2) is 51.5 Å². The van der Waals surface area contributed by atoms with Gasteiger partial charge in [0, 0.05) is 44.5 Å². The predicted octanol–water partition coefficient (Wildman–Crippen LogP) is 1.53. The molecule has 3 heterocycles. The fraction of sp³-hybridized carbons (Fsp3) is 0.529. The van der Waals surface area contributed by atoms with Gasteiger partial charge in [-0.05, 0) is 19.8 Å². The van der Waals surface area contributed by atoms with Crippen LogP contribution >= 0.6 is 0 Å². The molecule has 1 amide bonds. The zero-order valence-corrected chi connectivity index (χ0v) is 14.1. The SMILES string of the molecule is C[C@@H](C(=O)N1CCN(c2oc(C3CC3)nc2C#N)CC1)n1ccnc1. The molecule has 2 aromatic heterocycles. The highest BCUT2D eigenvalue weighted by Crippen LogP contribution is 2.41. The summed E-state index contributed by atoms with van der Waals surface area (Å²) in [6.45, 7) is 4.35. The minimum atomic E-state index is -0.268. The Morgan fingerprint density at radius 1 is 1.36 bits per heavy atom. The smallest absolute Gasteiger partial charge is 0.245 e. The second kappa shape index (κ2) is 6.24. The van der Waals surface area contributed by atoms with Gasteiger partial charge in [-0.2, -0.15) is 5.26 Å². The molecule has 130 valence electrons. The first kappa shape index (κ1) is 15.7. The van der Waals surface area contributed by atoms with E-state index in [0.717, 1.165) is 12.8 Å². The molecule has 4 rings (SSSR count). The Morgan fingerprint density at radius 2 is 2.12 bits per heavy atom. The van der Waals surface area contributed by atoms with Crippen LogP contribution < -0.4 is 4.90 Å². The van der Waals surface area contributed by atoms with Crippen LogP contribution in [0.15, 0.2) is 23.1 Å². The molecule has 0 unspecified atom stereocenters. The van der Waals surface area contributed by atoms with Crippen LogP contribution in [0.3, 0.4) is 0 Å². The van der Waals surface area contributed by atoms with Crippen molar-refractivity contribution in [2.45, 2.75) is 31.7 Å². The van der Waals surface area contributed by atoms with Crippen molar-refractivity contribution in [1.82, 2.24) is 19.4 Å². The van der Waals surface area contributed by atoms with Crippen LogP contribution in [0.2, 0.25) is 0 Å². The Morgan fingerprint density at radius 3 is 2.72 bits per heavy atom. The summed E-state index contributed by atoms with van der Waals surface area (Å²) >= 11 is 0. The maximum Gasteiger partial charge on any atom is 0.245 e. The number of anilines is 1. The Labute approximate surface area is 145 Å². The molecule has 1 aliphatic heterocycles. The van der Waals surface area contributed by atoms with E-state index >= 15 is 0 Å². The summed E-state index contributed by atoms with van der Waals surface area (Å²) in [4.78, 5) is 24.8. The van der Waals surface area contributed by atoms with Crippen molar-refractivity contribution in [3.8, 4) is 6.07 Å². The second-order valence-electron chi connectivity index (χ2n) is 6.59. The number of carbonyl (C=O) groups excluding carboxylic acids is 1. The Balaban J connectivity index is 1.41. The van der Waals surface area contributed by atoms with E-state index < -0.39 is 0 Å². The van der Waals surface area contributed by atoms with Crippen molar-refractivity contribution < 1.29 is 9.21 Å². The van der Waals surface area contributed by atoms with Crippen LogP contribution in [0.4, 0.5) is 5.88 Å². The molecule has 1 aliphatic carbocycles. The molecule has 25 heavy (non-hydrogen) atoms. The zero-order valence-electron chi connectivity index (χ0n) is 14.1. The minimum Gasteiger partial charge on any atom is -0.423 e. The molecular weight excluding hydrogens is 320 g/mol. The van der Waals surface area contributed by atoms with Gasteiger partial charge in [-0.1, -0.05) is 0 Å². The third kappa shape index (κ3) is 2.97. The number of amides is 1. The fourth-order valence-electron chi connectivity index (χ4n) is 3.14. The molecule has 0 bridgehead atoms. The van der Waals surface area contributed by atoms with Crippen LogP contribution in [0.1, 0.15) is 43.3 Å². The number of aromatic nitrogens is 3. The fourth-order valence-corrected chi connectivity index (χ4v) is 3.14. The number of hydrogen-bond acceptors (Lipinski definition) is 6. The number of hydrogen-bond donors (Lipinski definition) is 0. The quantitative estimate of drug-likeness (QED) is 0.838. The maximum absolute atomic E-state index is 12.6. The van der Waals surface area contributed by atoms with Gasteiger partial charge in [-0.3, -0.25) is 4.79 Å². The lowest BCUT2D eigenvalue weighted by molar-refractivity contribution is -0.134. The average molecular weight is 340 g/mol. The van der Waals surface area contributed by atoms with Gasteiger partial charge in [-0.15, -0.1) is 0 Å². The molecule has 1 saturated heterocycles. The van der Waals surface area contributed by atoms with E-state index in [1.54, 1.807) is 23.3 Å². The number of oxazole rings is 1. The standard InChI is InChI=1S/C17H20N6O2/c1-12(23-5-4-19-11-23)16(24)21-6-8-22(9-7-21)17-14(10-18)20-15(25-17)13-2-3-13/h4-5,11-13H,2-3,6-9H2,1H3/t12-/m0/s1. The Kier molecular flexibility index (Phi) is 3.92. The van der Waals surface area contributed by atoms with Crippen LogP contribution in [0.5, 0.6) is 0 Å². The first-order chi connectivity index (χ1) is 12.2. The number of nitriles is 1. The topological polar surface area (TPSA) is 91.2 Å². The van der Waals surface area contributed by atoms with E-state index in [1.165, 1.54) is 0 Å². The summed E-state index contributed by atoms with van der Waals surface area (Å²) in [7, 11) is 0. The summed E-state index contributed by atoms with van der Waals surface area (Å²) in [5, 5.41) is 9.31. The van der Waals surface area contributed by atoms with Gasteiger partial charge in [0.05, 0.1) is 6.33 Å². The molecule has 0 spiro atoms. The highest BCUT2D eigenvalue weighted by Gasteiger charge is 2.33. The van der Waals surface area contributed by atoms with Gasteiger partial charge in [0.2, 0.25) is 23.4 Å². The van der Waals surface area contributed by atoms with Crippen molar-refractivity contribution in [2.75, 3.05) is 31.1 Å². The Hall–Kier alpha value is -2.82. The average Bonchev–Trinajstić information content (AvgIpc) is 3.19. The van der Waals surface area contributed by atoms with Crippen molar-refractivity contribution in [3.63, 3.8) is 0 Å². The first-order valence-corrected chi connectivity index (χ1v) is 8.59. The highest BCUT2D eigenvalue weighted by molar-refractivity contribution is 5.80. The van der Waals surface area contributed by atoms with Gasteiger partial charge in [0.25, 0.3) is 0 Å². The molecule has 8 nitrogen and oxygen atoms in total. The number of imidazole rings is 1. The third-order valence-electron chi connectivity index (χ3n) is 4.87. The summed E-state index contributed by atoms with van der Waals surface area (Å²) in [5.74, 6) is 1.69. The molecule has 2 aromatic rings. The first-order valence-electron chi connectivity index (χ1n) is 8.59. The van der Waals surface area contributed by atoms with Gasteiger partial charge >= 0.3 is 0 Å². The monoisotopic (exact) mass is 340 g/mol. The Bertz CT molecular complexity index is 794. The van der Waals surface area contributed by atoms with Crippen LogP contribution in [0.25, 0.3) is 0 Å². The van der Waals surface area contributed by atoms with Crippen molar-refractivity contribution in [1.29, 1.82) is 5.26 Å². The maximum atomic E-state index is 12.6. The van der Waals surface area contributed by atoms with Gasteiger partial charge in [0.15, 0.2) is 0 Å². The summed E-state index contributed by atoms with van der Waals surface area (Å²) in [6.07, 6.45) is 7.29. The van der Waals surface area contributed by atoms with E-state index in [2.05, 4.69) is 16.0 Å². The molecule has 8 heteroatoms. The number of piperazine rings is 1. The molecule has 0 radical (unpaired) electrons. The number of rotatable bonds is 4. The molecule has 0 N–H and O–H groups in total. The van der Waals surface area contributed by atoms with Gasteiger partial charge in [-0.25, -0.2) is 9.97 Å². The largest absolute Gasteiger partial charge is 0.423 e. The summed E-state index contributed by atoms with van der Waals surface area (Å²) in [6, 6.07) is 1.86. The minimum absolute atomic E-state index is 0.0781. The summed E-state index contributed by atoms with van der Waals surface area (Å²) < 4.78 is 7.65. The van der Waals surface area contributed by atoms with E-state index in [-0.39, 0.29) is 11.9 Å². The molecule has 1 saturated carbocycles. The van der Waals surface area contributed by atoms with Gasteiger partial charge in [0.1, 0.15) is 12.1 Å². The number of carbonyl (C=O) groups is 1. The van der Waals surface area contributed by atoms with E-state index in [9.17, 15) is 10.1 Å². The predicted molar refractivity (Wildman–Crippen MR) is 88.9 cm³/mol. The van der Waals surface area contributed by atoms with Crippen LogP contribution in [-0.2, 0) is 4.79 Å². The van der Waals surface area contributed by atoms with Gasteiger partial charge < -0.3 is 18.8 Å². The normalized spacial score (nSPS) is 18.9. The lowest BCUT2D eigenvalue weighted by Gasteiger charge is -2.35. The lowest BCUT2D eigenvalue weighted by Crippen LogP contribution is -2.50. The van der Waals surface area contributed by atoms with Crippen molar-refractivity contribution in [2.24, 2.45) is 0 Å².